The summed E-state index contributed by atoms with van der Waals surface area (Å²) >= 11 is 0. The van der Waals surface area contributed by atoms with Crippen LogP contribution in [0, 0.1) is 16.7 Å². The van der Waals surface area contributed by atoms with Gasteiger partial charge in [0.15, 0.2) is 0 Å². The van der Waals surface area contributed by atoms with E-state index < -0.39 is 0 Å². The van der Waals surface area contributed by atoms with E-state index in [9.17, 15) is 10.1 Å². The van der Waals surface area contributed by atoms with E-state index in [0.717, 1.165) is 37.1 Å². The van der Waals surface area contributed by atoms with Crippen molar-refractivity contribution in [2.75, 3.05) is 25.0 Å². The first-order valence-corrected chi connectivity index (χ1v) is 7.15. The van der Waals surface area contributed by atoms with Crippen LogP contribution in [0.2, 0.25) is 0 Å². The summed E-state index contributed by atoms with van der Waals surface area (Å²) in [7, 11) is 1.94. The van der Waals surface area contributed by atoms with Crippen molar-refractivity contribution in [2.24, 2.45) is 5.41 Å². The molecule has 1 aliphatic heterocycles. The number of nitriles is 1. The Balaban J connectivity index is 1.80. The van der Waals surface area contributed by atoms with Crippen molar-refractivity contribution in [2.45, 2.75) is 25.7 Å². The number of benzene rings is 1. The Morgan fingerprint density at radius 2 is 2.25 bits per heavy atom. The quantitative estimate of drug-likeness (QED) is 0.884. The molecule has 1 aromatic rings. The molecule has 1 N–H and O–H groups in total. The molecule has 0 atom stereocenters. The average molecular weight is 269 g/mol. The molecular formula is C16H19N3O. The predicted octanol–water partition coefficient (Wildman–Crippen LogP) is 1.64. The highest BCUT2D eigenvalue weighted by Gasteiger charge is 2.46. The summed E-state index contributed by atoms with van der Waals surface area (Å²) in [6.07, 6.45) is 3.29. The van der Waals surface area contributed by atoms with Gasteiger partial charge in [-0.3, -0.25) is 4.79 Å². The second-order valence-electron chi connectivity index (χ2n) is 5.87. The molecule has 1 heterocycles. The summed E-state index contributed by atoms with van der Waals surface area (Å²) < 4.78 is 0. The molecule has 0 saturated heterocycles. The zero-order valence-electron chi connectivity index (χ0n) is 11.8. The Labute approximate surface area is 119 Å². The number of nitrogens with one attached hydrogen (secondary N) is 1. The maximum Gasteiger partial charge on any atom is 0.231 e. The molecule has 1 saturated carbocycles. The first-order valence-electron chi connectivity index (χ1n) is 7.15. The topological polar surface area (TPSA) is 56.1 Å². The Kier molecular flexibility index (Phi) is 3.23. The van der Waals surface area contributed by atoms with Gasteiger partial charge in [0.05, 0.1) is 17.9 Å². The maximum atomic E-state index is 12.2. The van der Waals surface area contributed by atoms with Gasteiger partial charge in [0.2, 0.25) is 5.91 Å². The maximum absolute atomic E-state index is 12.2. The summed E-state index contributed by atoms with van der Waals surface area (Å²) in [4.78, 5) is 14.0. The number of carbonyl (C=O) groups is 1. The van der Waals surface area contributed by atoms with Crippen molar-refractivity contribution in [3.8, 4) is 6.07 Å². The van der Waals surface area contributed by atoms with Crippen LogP contribution in [0.1, 0.15) is 24.0 Å². The highest BCUT2D eigenvalue weighted by atomic mass is 16.2. The number of fused-ring (bicyclic) bond motifs is 1. The standard InChI is InChI=1S/C16H19N3O/c1-18-7-4-12-2-3-14-13(8-12)9-15(20)19(14)11-16(10-17)5-6-16/h2-3,8,18H,4-7,9,11H2,1H3. The Morgan fingerprint density at radius 1 is 1.45 bits per heavy atom. The largest absolute Gasteiger partial charge is 0.319 e. The second kappa shape index (κ2) is 4.92. The van der Waals surface area contributed by atoms with Crippen LogP contribution in [0.15, 0.2) is 18.2 Å². The third-order valence-electron chi connectivity index (χ3n) is 4.29. The molecule has 1 amide bonds. The lowest BCUT2D eigenvalue weighted by Gasteiger charge is -2.20. The lowest BCUT2D eigenvalue weighted by atomic mass is 10.1. The predicted molar refractivity (Wildman–Crippen MR) is 77.4 cm³/mol. The van der Waals surface area contributed by atoms with Gasteiger partial charge in [0.25, 0.3) is 0 Å². The lowest BCUT2D eigenvalue weighted by Crippen LogP contribution is -2.32. The van der Waals surface area contributed by atoms with E-state index in [2.05, 4.69) is 23.5 Å². The first-order chi connectivity index (χ1) is 9.67. The van der Waals surface area contributed by atoms with Gasteiger partial charge in [-0.2, -0.15) is 5.26 Å². The molecule has 104 valence electrons. The Hall–Kier alpha value is -1.86. The van der Waals surface area contributed by atoms with Crippen LogP contribution >= 0.6 is 0 Å². The van der Waals surface area contributed by atoms with Crippen LogP contribution < -0.4 is 10.2 Å². The van der Waals surface area contributed by atoms with Crippen LogP contribution in [0.4, 0.5) is 5.69 Å². The normalized spacial score (nSPS) is 18.8. The zero-order chi connectivity index (χ0) is 14.2. The summed E-state index contributed by atoms with van der Waals surface area (Å²) in [5, 5.41) is 12.3. The number of likely N-dealkylation sites (N-methyl/N-ethyl adjacent to an activating group) is 1. The van der Waals surface area contributed by atoms with E-state index in [1.54, 1.807) is 0 Å². The van der Waals surface area contributed by atoms with Gasteiger partial charge >= 0.3 is 0 Å². The minimum absolute atomic E-state index is 0.132. The SMILES string of the molecule is CNCCc1ccc2c(c1)CC(=O)N2CC1(C#N)CC1. The second-order valence-corrected chi connectivity index (χ2v) is 5.87. The van der Waals surface area contributed by atoms with E-state index in [4.69, 9.17) is 0 Å². The summed E-state index contributed by atoms with van der Waals surface area (Å²) in [6, 6.07) is 8.63. The van der Waals surface area contributed by atoms with Gasteiger partial charge in [-0.15, -0.1) is 0 Å². The number of hydrogen-bond donors (Lipinski definition) is 1. The monoisotopic (exact) mass is 269 g/mol. The number of anilines is 1. The van der Waals surface area contributed by atoms with Gasteiger partial charge in [-0.05, 0) is 50.0 Å². The van der Waals surface area contributed by atoms with Crippen molar-refractivity contribution in [3.05, 3.63) is 29.3 Å². The summed E-state index contributed by atoms with van der Waals surface area (Å²) in [5.74, 6) is 0.132. The van der Waals surface area contributed by atoms with E-state index in [-0.39, 0.29) is 11.3 Å². The molecule has 1 fully saturated rings. The molecule has 0 aromatic heterocycles. The molecule has 0 bridgehead atoms. The van der Waals surface area contributed by atoms with Gasteiger partial charge in [-0.1, -0.05) is 12.1 Å². The summed E-state index contributed by atoms with van der Waals surface area (Å²) in [6.45, 7) is 1.50. The van der Waals surface area contributed by atoms with Gasteiger partial charge in [0.1, 0.15) is 0 Å². The molecule has 0 unspecified atom stereocenters. The van der Waals surface area contributed by atoms with E-state index in [1.807, 2.05) is 18.0 Å². The third kappa shape index (κ3) is 2.30. The molecule has 4 heteroatoms. The lowest BCUT2D eigenvalue weighted by molar-refractivity contribution is -0.117. The van der Waals surface area contributed by atoms with Crippen molar-refractivity contribution in [1.29, 1.82) is 5.26 Å². The molecule has 1 aliphatic carbocycles. The third-order valence-corrected chi connectivity index (χ3v) is 4.29. The van der Waals surface area contributed by atoms with Gasteiger partial charge in [0, 0.05) is 12.2 Å². The molecular weight excluding hydrogens is 250 g/mol. The molecule has 2 aliphatic rings. The van der Waals surface area contributed by atoms with E-state index in [1.165, 1.54) is 5.56 Å². The minimum Gasteiger partial charge on any atom is -0.319 e. The number of rotatable bonds is 5. The highest BCUT2D eigenvalue weighted by Crippen LogP contribution is 2.47. The number of hydrogen-bond acceptors (Lipinski definition) is 3. The average Bonchev–Trinajstić information content (AvgIpc) is 3.17. The molecule has 1 aromatic carbocycles. The minimum atomic E-state index is -0.276. The fourth-order valence-electron chi connectivity index (χ4n) is 2.79. The summed E-state index contributed by atoms with van der Waals surface area (Å²) in [5.41, 5.74) is 3.10. The van der Waals surface area contributed by atoms with Crippen molar-refractivity contribution in [3.63, 3.8) is 0 Å². The first kappa shape index (κ1) is 13.1. The van der Waals surface area contributed by atoms with Crippen LogP contribution in [-0.2, 0) is 17.6 Å². The van der Waals surface area contributed by atoms with Crippen molar-refractivity contribution < 1.29 is 4.79 Å². The number of carbonyl (C=O) groups excluding carboxylic acids is 1. The highest BCUT2D eigenvalue weighted by molar-refractivity contribution is 6.01. The van der Waals surface area contributed by atoms with Gasteiger partial charge < -0.3 is 10.2 Å². The molecule has 4 nitrogen and oxygen atoms in total. The van der Waals surface area contributed by atoms with E-state index in [0.29, 0.717) is 13.0 Å². The Bertz CT molecular complexity index is 584. The van der Waals surface area contributed by atoms with E-state index >= 15 is 0 Å². The fourth-order valence-corrected chi connectivity index (χ4v) is 2.79. The fraction of sp³-hybridized carbons (Fsp3) is 0.500. The smallest absolute Gasteiger partial charge is 0.231 e. The van der Waals surface area contributed by atoms with Crippen molar-refractivity contribution in [1.82, 2.24) is 5.32 Å². The van der Waals surface area contributed by atoms with Crippen LogP contribution in [0.25, 0.3) is 0 Å². The zero-order valence-corrected chi connectivity index (χ0v) is 11.8. The van der Waals surface area contributed by atoms with Crippen molar-refractivity contribution >= 4 is 11.6 Å². The Morgan fingerprint density at radius 3 is 2.90 bits per heavy atom. The van der Waals surface area contributed by atoms with Crippen LogP contribution in [0.5, 0.6) is 0 Å². The molecule has 0 spiro atoms. The number of amides is 1. The van der Waals surface area contributed by atoms with Crippen LogP contribution in [0.3, 0.4) is 0 Å². The van der Waals surface area contributed by atoms with Crippen LogP contribution in [-0.4, -0.2) is 26.0 Å². The molecule has 3 rings (SSSR count). The molecule has 20 heavy (non-hydrogen) atoms. The molecule has 0 radical (unpaired) electrons. The van der Waals surface area contributed by atoms with Gasteiger partial charge in [-0.25, -0.2) is 0 Å². The number of nitrogens with zero attached hydrogens (tertiary/aromatic N) is 2.